The Hall–Kier alpha value is -1.21. The molecule has 2 rings (SSSR count). The van der Waals surface area contributed by atoms with Crippen molar-refractivity contribution in [2.75, 3.05) is 13.2 Å². The second kappa shape index (κ2) is 6.05. The number of ether oxygens (including phenoxy) is 1. The van der Waals surface area contributed by atoms with Crippen LogP contribution in [0, 0.1) is 0 Å². The van der Waals surface area contributed by atoms with E-state index in [0.717, 1.165) is 23.5 Å². The van der Waals surface area contributed by atoms with E-state index in [9.17, 15) is 13.2 Å². The molecule has 0 unspecified atom stereocenters. The summed E-state index contributed by atoms with van der Waals surface area (Å²) in [6, 6.07) is 0. The van der Waals surface area contributed by atoms with Gasteiger partial charge in [0.25, 0.3) is 0 Å². The molecule has 0 radical (unpaired) electrons. The van der Waals surface area contributed by atoms with Crippen LogP contribution in [0.2, 0.25) is 0 Å². The number of nitrogens with one attached hydrogen (secondary N) is 1. The smallest absolute Gasteiger partial charge is 0.372 e. The Labute approximate surface area is 115 Å². The maximum absolute atomic E-state index is 12.0. The lowest BCUT2D eigenvalue weighted by molar-refractivity contribution is -0.173. The van der Waals surface area contributed by atoms with Gasteiger partial charge in [-0.05, 0) is 5.92 Å². The first-order chi connectivity index (χ1) is 9.37. The Morgan fingerprint density at radius 1 is 1.25 bits per heavy atom. The molecule has 0 aliphatic carbocycles. The molecule has 0 bridgehead atoms. The van der Waals surface area contributed by atoms with Crippen molar-refractivity contribution in [2.45, 2.75) is 45.5 Å². The summed E-state index contributed by atoms with van der Waals surface area (Å²) in [6.45, 7) is 4.29. The Morgan fingerprint density at radius 2 is 2.00 bits per heavy atom. The number of halogens is 3. The summed E-state index contributed by atoms with van der Waals surface area (Å²) in [5.74, 6) is 0.819. The number of aromatic nitrogens is 2. The summed E-state index contributed by atoms with van der Waals surface area (Å²) in [5, 5.41) is 3.21. The fourth-order valence-corrected chi connectivity index (χ4v) is 2.19. The fourth-order valence-electron chi connectivity index (χ4n) is 2.19. The SMILES string of the molecule is CC(C)c1nc(CCOCC(F)(F)F)nc2c1CNC2. The largest absolute Gasteiger partial charge is 0.411 e. The molecule has 1 aliphatic rings. The molecule has 20 heavy (non-hydrogen) atoms. The van der Waals surface area contributed by atoms with Crippen LogP contribution >= 0.6 is 0 Å². The Bertz CT molecular complexity index is 475. The molecule has 1 aromatic heterocycles. The van der Waals surface area contributed by atoms with Crippen molar-refractivity contribution >= 4 is 0 Å². The number of hydrogen-bond acceptors (Lipinski definition) is 4. The molecule has 0 amide bonds. The lowest BCUT2D eigenvalue weighted by Crippen LogP contribution is -2.18. The minimum atomic E-state index is -4.29. The zero-order valence-electron chi connectivity index (χ0n) is 11.5. The van der Waals surface area contributed by atoms with Gasteiger partial charge >= 0.3 is 6.18 Å². The highest BCUT2D eigenvalue weighted by atomic mass is 19.4. The first kappa shape index (κ1) is 15.2. The van der Waals surface area contributed by atoms with Crippen LogP contribution in [0.25, 0.3) is 0 Å². The zero-order chi connectivity index (χ0) is 14.8. The van der Waals surface area contributed by atoms with Crippen molar-refractivity contribution in [2.24, 2.45) is 0 Å². The van der Waals surface area contributed by atoms with E-state index >= 15 is 0 Å². The summed E-state index contributed by atoms with van der Waals surface area (Å²) in [5.41, 5.74) is 3.06. The Balaban J connectivity index is 2.00. The van der Waals surface area contributed by atoms with Crippen LogP contribution < -0.4 is 5.32 Å². The van der Waals surface area contributed by atoms with Crippen molar-refractivity contribution in [3.63, 3.8) is 0 Å². The first-order valence-electron chi connectivity index (χ1n) is 6.60. The van der Waals surface area contributed by atoms with E-state index in [4.69, 9.17) is 0 Å². The molecule has 2 heterocycles. The van der Waals surface area contributed by atoms with Gasteiger partial charge in [0.15, 0.2) is 0 Å². The maximum atomic E-state index is 12.0. The predicted molar refractivity (Wildman–Crippen MR) is 67.2 cm³/mol. The van der Waals surface area contributed by atoms with E-state index in [1.165, 1.54) is 0 Å². The van der Waals surface area contributed by atoms with Crippen molar-refractivity contribution in [1.29, 1.82) is 0 Å². The van der Waals surface area contributed by atoms with Crippen molar-refractivity contribution in [3.8, 4) is 0 Å². The summed E-state index contributed by atoms with van der Waals surface area (Å²) >= 11 is 0. The third-order valence-corrected chi connectivity index (χ3v) is 3.05. The van der Waals surface area contributed by atoms with Crippen LogP contribution in [-0.2, 0) is 24.2 Å². The molecule has 1 N–H and O–H groups in total. The molecular weight excluding hydrogens is 271 g/mol. The number of hydrogen-bond donors (Lipinski definition) is 1. The van der Waals surface area contributed by atoms with Gasteiger partial charge in [0.05, 0.1) is 18.0 Å². The topological polar surface area (TPSA) is 47.0 Å². The molecule has 1 aliphatic heterocycles. The summed E-state index contributed by atoms with van der Waals surface area (Å²) < 4.78 is 40.5. The second-order valence-electron chi connectivity index (χ2n) is 5.13. The van der Waals surface area contributed by atoms with E-state index in [1.54, 1.807) is 0 Å². The lowest BCUT2D eigenvalue weighted by Gasteiger charge is -2.12. The van der Waals surface area contributed by atoms with Crippen LogP contribution in [-0.4, -0.2) is 29.4 Å². The van der Waals surface area contributed by atoms with Crippen LogP contribution in [0.15, 0.2) is 0 Å². The molecule has 0 aromatic carbocycles. The molecule has 0 atom stereocenters. The van der Waals surface area contributed by atoms with E-state index < -0.39 is 12.8 Å². The number of fused-ring (bicyclic) bond motifs is 1. The second-order valence-corrected chi connectivity index (χ2v) is 5.13. The van der Waals surface area contributed by atoms with Gasteiger partial charge < -0.3 is 10.1 Å². The number of alkyl halides is 3. The first-order valence-corrected chi connectivity index (χ1v) is 6.60. The fraction of sp³-hybridized carbons (Fsp3) is 0.692. The molecule has 0 fully saturated rings. The van der Waals surface area contributed by atoms with E-state index in [2.05, 4.69) is 20.0 Å². The molecule has 112 valence electrons. The van der Waals surface area contributed by atoms with Crippen molar-refractivity contribution in [1.82, 2.24) is 15.3 Å². The Morgan fingerprint density at radius 3 is 2.65 bits per heavy atom. The molecule has 7 heteroatoms. The minimum absolute atomic E-state index is 0.0245. The predicted octanol–water partition coefficient (Wildman–Crippen LogP) is 2.32. The summed E-state index contributed by atoms with van der Waals surface area (Å²) in [4.78, 5) is 8.86. The lowest BCUT2D eigenvalue weighted by atomic mass is 10.0. The molecule has 1 aromatic rings. The molecule has 0 spiro atoms. The van der Waals surface area contributed by atoms with Gasteiger partial charge in [0.1, 0.15) is 12.4 Å². The molecule has 0 saturated carbocycles. The van der Waals surface area contributed by atoms with Crippen LogP contribution in [0.1, 0.15) is 42.5 Å². The average molecular weight is 289 g/mol. The van der Waals surface area contributed by atoms with E-state index in [0.29, 0.717) is 18.8 Å². The number of nitrogens with zero attached hydrogens (tertiary/aromatic N) is 2. The molecular formula is C13H18F3N3O. The highest BCUT2D eigenvalue weighted by molar-refractivity contribution is 5.31. The molecule has 4 nitrogen and oxygen atoms in total. The highest BCUT2D eigenvalue weighted by Crippen LogP contribution is 2.23. The zero-order valence-corrected chi connectivity index (χ0v) is 11.5. The van der Waals surface area contributed by atoms with Crippen molar-refractivity contribution < 1.29 is 17.9 Å². The molecule has 0 saturated heterocycles. The highest BCUT2D eigenvalue weighted by Gasteiger charge is 2.27. The van der Waals surface area contributed by atoms with Crippen LogP contribution in [0.3, 0.4) is 0 Å². The monoisotopic (exact) mass is 289 g/mol. The van der Waals surface area contributed by atoms with Gasteiger partial charge in [0, 0.05) is 25.1 Å². The van der Waals surface area contributed by atoms with Gasteiger partial charge in [-0.25, -0.2) is 9.97 Å². The minimum Gasteiger partial charge on any atom is -0.372 e. The Kier molecular flexibility index (Phi) is 4.59. The standard InChI is InChI=1S/C13H18F3N3O/c1-8(2)12-9-5-17-6-10(9)18-11(19-12)3-4-20-7-13(14,15)16/h8,17H,3-7H2,1-2H3. The van der Waals surface area contributed by atoms with E-state index in [1.807, 2.05) is 13.8 Å². The van der Waals surface area contributed by atoms with E-state index in [-0.39, 0.29) is 12.5 Å². The maximum Gasteiger partial charge on any atom is 0.411 e. The van der Waals surface area contributed by atoms with Gasteiger partial charge in [0.2, 0.25) is 0 Å². The number of rotatable bonds is 5. The van der Waals surface area contributed by atoms with Gasteiger partial charge in [-0.3, -0.25) is 0 Å². The van der Waals surface area contributed by atoms with Gasteiger partial charge in [-0.2, -0.15) is 13.2 Å². The third-order valence-electron chi connectivity index (χ3n) is 3.05. The third kappa shape index (κ3) is 3.89. The van der Waals surface area contributed by atoms with Gasteiger partial charge in [-0.1, -0.05) is 13.8 Å². The van der Waals surface area contributed by atoms with Crippen molar-refractivity contribution in [3.05, 3.63) is 22.8 Å². The summed E-state index contributed by atoms with van der Waals surface area (Å²) in [6.07, 6.45) is -3.99. The normalized spacial score (nSPS) is 14.9. The summed E-state index contributed by atoms with van der Waals surface area (Å²) in [7, 11) is 0. The van der Waals surface area contributed by atoms with Crippen LogP contribution in [0.4, 0.5) is 13.2 Å². The quantitative estimate of drug-likeness (QED) is 0.845. The average Bonchev–Trinajstić information content (AvgIpc) is 2.80. The van der Waals surface area contributed by atoms with Crippen LogP contribution in [0.5, 0.6) is 0 Å². The van der Waals surface area contributed by atoms with Gasteiger partial charge in [-0.15, -0.1) is 0 Å².